The van der Waals surface area contributed by atoms with Crippen molar-refractivity contribution in [3.8, 4) is 11.2 Å². The van der Waals surface area contributed by atoms with Crippen molar-refractivity contribution in [3.05, 3.63) is 0 Å². The van der Waals surface area contributed by atoms with Crippen LogP contribution < -0.4 is 0 Å². The average molecular weight is 143 g/mol. The van der Waals surface area contributed by atoms with E-state index in [2.05, 4.69) is 0 Å². The van der Waals surface area contributed by atoms with Crippen molar-refractivity contribution in [3.63, 3.8) is 0 Å². The number of rotatable bonds is 0. The van der Waals surface area contributed by atoms with Gasteiger partial charge in [-0.25, -0.2) is 0 Å². The van der Waals surface area contributed by atoms with Gasteiger partial charge in [-0.15, -0.1) is 0 Å². The van der Waals surface area contributed by atoms with E-state index in [9.17, 15) is 8.42 Å². The second-order valence-corrected chi connectivity index (χ2v) is 1.98. The smallest absolute Gasteiger partial charge is 0.276 e. The van der Waals surface area contributed by atoms with E-state index in [1.165, 1.54) is 6.92 Å². The molecule has 0 aromatic carbocycles. The summed E-state index contributed by atoms with van der Waals surface area (Å²) in [6.07, 6.45) is 0. The third kappa shape index (κ3) is 9.69. The Balaban J connectivity index is 0. The SMILES string of the molecule is CC#CS(=O)(=O)O.[Na]. The van der Waals surface area contributed by atoms with Crippen LogP contribution in [0, 0.1) is 11.2 Å². The molecule has 0 amide bonds. The van der Waals surface area contributed by atoms with E-state index in [-0.39, 0.29) is 29.6 Å². The second kappa shape index (κ2) is 4.36. The quantitative estimate of drug-likeness (QED) is 0.282. The van der Waals surface area contributed by atoms with E-state index >= 15 is 0 Å². The summed E-state index contributed by atoms with van der Waals surface area (Å²) in [6.45, 7) is 1.33. The minimum Gasteiger partial charge on any atom is -0.276 e. The van der Waals surface area contributed by atoms with Crippen molar-refractivity contribution in [2.75, 3.05) is 0 Å². The molecule has 0 fully saturated rings. The predicted molar refractivity (Wildman–Crippen MR) is 30.8 cm³/mol. The van der Waals surface area contributed by atoms with E-state index in [0.717, 1.165) is 0 Å². The molecule has 0 aromatic rings. The van der Waals surface area contributed by atoms with Crippen LogP contribution in [0.4, 0.5) is 0 Å². The Kier molecular flexibility index (Phi) is 6.15. The van der Waals surface area contributed by atoms with Gasteiger partial charge in [-0.2, -0.15) is 8.42 Å². The van der Waals surface area contributed by atoms with Crippen LogP contribution in [0.25, 0.3) is 0 Å². The van der Waals surface area contributed by atoms with Gasteiger partial charge in [0, 0.05) is 29.6 Å². The fraction of sp³-hybridized carbons (Fsp3) is 0.333. The first-order valence-electron chi connectivity index (χ1n) is 1.47. The van der Waals surface area contributed by atoms with E-state index in [0.29, 0.717) is 0 Å². The molecule has 0 aromatic heterocycles. The monoisotopic (exact) mass is 143 g/mol. The molecular weight excluding hydrogens is 139 g/mol. The van der Waals surface area contributed by atoms with Gasteiger partial charge in [-0.1, -0.05) is 5.92 Å². The Morgan fingerprint density at radius 2 is 1.88 bits per heavy atom. The summed E-state index contributed by atoms with van der Waals surface area (Å²) in [5.74, 6) is 2.02. The Morgan fingerprint density at radius 1 is 1.50 bits per heavy atom. The van der Waals surface area contributed by atoms with Gasteiger partial charge in [-0.05, 0) is 6.92 Å². The van der Waals surface area contributed by atoms with E-state index in [1.54, 1.807) is 5.25 Å². The maximum Gasteiger partial charge on any atom is 0.335 e. The van der Waals surface area contributed by atoms with Gasteiger partial charge in [0.05, 0.1) is 5.25 Å². The van der Waals surface area contributed by atoms with E-state index in [1.807, 2.05) is 5.92 Å². The summed E-state index contributed by atoms with van der Waals surface area (Å²) in [7, 11) is -4.04. The average Bonchev–Trinajstić information content (AvgIpc) is 1.30. The molecule has 1 radical (unpaired) electrons. The molecule has 0 aliphatic heterocycles. The normalized spacial score (nSPS) is 8.25. The van der Waals surface area contributed by atoms with Crippen molar-refractivity contribution in [2.24, 2.45) is 0 Å². The van der Waals surface area contributed by atoms with Crippen LogP contribution in [-0.2, 0) is 10.1 Å². The third-order valence-corrected chi connectivity index (χ3v) is 0.693. The van der Waals surface area contributed by atoms with Gasteiger partial charge in [0.1, 0.15) is 0 Å². The summed E-state index contributed by atoms with van der Waals surface area (Å²) in [5.41, 5.74) is 0. The largest absolute Gasteiger partial charge is 0.335 e. The number of hydrogen-bond donors (Lipinski definition) is 1. The molecule has 0 bridgehead atoms. The summed E-state index contributed by atoms with van der Waals surface area (Å²) in [5, 5.41) is 1.56. The molecular formula is C3H4NaO3S. The summed E-state index contributed by atoms with van der Waals surface area (Å²) in [6, 6.07) is 0. The fourth-order valence-electron chi connectivity index (χ4n) is 0.129. The van der Waals surface area contributed by atoms with Gasteiger partial charge in [0.15, 0.2) is 0 Å². The minimum atomic E-state index is -4.04. The predicted octanol–water partition coefficient (Wildman–Crippen LogP) is -0.526. The molecule has 0 saturated heterocycles. The van der Waals surface area contributed by atoms with Crippen LogP contribution >= 0.6 is 0 Å². The summed E-state index contributed by atoms with van der Waals surface area (Å²) < 4.78 is 27.0. The molecule has 0 heterocycles. The Labute approximate surface area is 70.5 Å². The zero-order valence-corrected chi connectivity index (χ0v) is 7.49. The van der Waals surface area contributed by atoms with Crippen molar-refractivity contribution in [1.29, 1.82) is 0 Å². The molecule has 0 unspecified atom stereocenters. The zero-order valence-electron chi connectivity index (χ0n) is 4.67. The molecule has 1 N–H and O–H groups in total. The third-order valence-electron chi connectivity index (χ3n) is 0.231. The summed E-state index contributed by atoms with van der Waals surface area (Å²) in [4.78, 5) is 0. The molecule has 0 spiro atoms. The topological polar surface area (TPSA) is 54.4 Å². The standard InChI is InChI=1S/C3H4O3S.Na/c1-2-3-7(4,5)6;/h1H3,(H,4,5,6);. The Hall–Kier alpha value is 0.470. The first-order valence-corrected chi connectivity index (χ1v) is 2.91. The van der Waals surface area contributed by atoms with Gasteiger partial charge < -0.3 is 0 Å². The Bertz CT molecular complexity index is 194. The molecule has 0 aliphatic rings. The van der Waals surface area contributed by atoms with Gasteiger partial charge in [0.2, 0.25) is 0 Å². The summed E-state index contributed by atoms with van der Waals surface area (Å²) >= 11 is 0. The van der Waals surface area contributed by atoms with Crippen LogP contribution in [0.15, 0.2) is 0 Å². The first-order chi connectivity index (χ1) is 3.06. The molecule has 8 heavy (non-hydrogen) atoms. The van der Waals surface area contributed by atoms with Gasteiger partial charge in [0.25, 0.3) is 0 Å². The maximum absolute atomic E-state index is 9.61. The van der Waals surface area contributed by atoms with Gasteiger partial charge in [-0.3, -0.25) is 4.55 Å². The van der Waals surface area contributed by atoms with Crippen molar-refractivity contribution in [2.45, 2.75) is 6.92 Å². The zero-order chi connectivity index (χ0) is 5.91. The van der Waals surface area contributed by atoms with E-state index in [4.69, 9.17) is 4.55 Å². The van der Waals surface area contributed by atoms with E-state index < -0.39 is 10.1 Å². The van der Waals surface area contributed by atoms with Crippen LogP contribution in [0.3, 0.4) is 0 Å². The molecule has 0 atom stereocenters. The molecule has 5 heteroatoms. The molecule has 0 saturated carbocycles. The van der Waals surface area contributed by atoms with Crippen LogP contribution in [-0.4, -0.2) is 42.5 Å². The van der Waals surface area contributed by atoms with Crippen molar-refractivity contribution in [1.82, 2.24) is 0 Å². The van der Waals surface area contributed by atoms with Crippen LogP contribution in [0.1, 0.15) is 6.92 Å². The molecule has 0 aliphatic carbocycles. The molecule has 41 valence electrons. The first kappa shape index (κ1) is 11.3. The molecule has 3 nitrogen and oxygen atoms in total. The maximum atomic E-state index is 9.61. The Morgan fingerprint density at radius 3 is 1.88 bits per heavy atom. The van der Waals surface area contributed by atoms with Crippen molar-refractivity contribution < 1.29 is 13.0 Å². The number of hydrogen-bond acceptors (Lipinski definition) is 2. The fourth-order valence-corrected chi connectivity index (χ4v) is 0.387. The second-order valence-electron chi connectivity index (χ2n) is 0.827. The van der Waals surface area contributed by atoms with Crippen LogP contribution in [0.5, 0.6) is 0 Å². The van der Waals surface area contributed by atoms with Crippen LogP contribution in [0.2, 0.25) is 0 Å². The van der Waals surface area contributed by atoms with Gasteiger partial charge >= 0.3 is 10.1 Å². The molecule has 0 rings (SSSR count). The van der Waals surface area contributed by atoms with Crippen molar-refractivity contribution >= 4 is 39.7 Å². The minimum absolute atomic E-state index is 0.